The molecule has 0 saturated heterocycles. The first kappa shape index (κ1) is 18.3. The van der Waals surface area contributed by atoms with Crippen LogP contribution in [-0.2, 0) is 19.7 Å². The van der Waals surface area contributed by atoms with Gasteiger partial charge in [-0.3, -0.25) is 4.79 Å². The van der Waals surface area contributed by atoms with Gasteiger partial charge in [-0.1, -0.05) is 6.92 Å². The van der Waals surface area contributed by atoms with Gasteiger partial charge in [0.25, 0.3) is 10.2 Å². The summed E-state index contributed by atoms with van der Waals surface area (Å²) in [6.07, 6.45) is 0.877. The molecule has 7 nitrogen and oxygen atoms in total. The fourth-order valence-electron chi connectivity index (χ4n) is 1.41. The molecule has 0 rings (SSSR count). The number of nitrogens with zero attached hydrogens (tertiary/aromatic N) is 1. The number of hydrogen-bond acceptors (Lipinski definition) is 5. The lowest BCUT2D eigenvalue weighted by Crippen LogP contribution is -2.51. The second-order valence-corrected chi connectivity index (χ2v) is 6.42. The van der Waals surface area contributed by atoms with Crippen molar-refractivity contribution in [3.8, 4) is 0 Å². The predicted molar refractivity (Wildman–Crippen MR) is 71.7 cm³/mol. The quantitative estimate of drug-likeness (QED) is 0.578. The highest BCUT2D eigenvalue weighted by Gasteiger charge is 2.30. The normalized spacial score (nSPS) is 15.3. The van der Waals surface area contributed by atoms with Crippen LogP contribution >= 0.6 is 0 Å². The lowest BCUT2D eigenvalue weighted by atomic mass is 9.97. The van der Waals surface area contributed by atoms with Crippen LogP contribution in [0.2, 0.25) is 0 Å². The first-order valence-electron chi connectivity index (χ1n) is 6.13. The van der Waals surface area contributed by atoms with Crippen molar-refractivity contribution in [1.29, 1.82) is 0 Å². The number of carbonyl (C=O) groups is 1. The summed E-state index contributed by atoms with van der Waals surface area (Å²) in [6, 6.07) is 0. The number of nitrogens with one attached hydrogen (secondary N) is 1. The minimum atomic E-state index is -3.69. The van der Waals surface area contributed by atoms with Crippen molar-refractivity contribution in [3.63, 3.8) is 0 Å². The van der Waals surface area contributed by atoms with Crippen molar-refractivity contribution >= 4 is 16.2 Å². The van der Waals surface area contributed by atoms with E-state index in [-0.39, 0.29) is 19.6 Å². The van der Waals surface area contributed by atoms with E-state index in [9.17, 15) is 13.2 Å². The molecule has 0 aromatic heterocycles. The fraction of sp³-hybridized carbons (Fsp3) is 0.909. The first-order chi connectivity index (χ1) is 8.70. The summed E-state index contributed by atoms with van der Waals surface area (Å²) >= 11 is 0. The maximum Gasteiger partial charge on any atom is 0.306 e. The van der Waals surface area contributed by atoms with E-state index >= 15 is 0 Å². The topological polar surface area (TPSA) is 95.9 Å². The van der Waals surface area contributed by atoms with Crippen molar-refractivity contribution in [1.82, 2.24) is 9.03 Å². The predicted octanol–water partition coefficient (Wildman–Crippen LogP) is -0.133. The van der Waals surface area contributed by atoms with Crippen molar-refractivity contribution in [2.24, 2.45) is 0 Å². The van der Waals surface area contributed by atoms with Crippen LogP contribution < -0.4 is 4.72 Å². The average Bonchev–Trinajstić information content (AvgIpc) is 2.34. The van der Waals surface area contributed by atoms with Gasteiger partial charge in [0.2, 0.25) is 0 Å². The Morgan fingerprint density at radius 1 is 1.47 bits per heavy atom. The number of hydrogen-bond donors (Lipinski definition) is 2. The minimum absolute atomic E-state index is 0.00322. The zero-order chi connectivity index (χ0) is 15.1. The van der Waals surface area contributed by atoms with Crippen LogP contribution in [0.4, 0.5) is 0 Å². The number of ether oxygens (including phenoxy) is 1. The summed E-state index contributed by atoms with van der Waals surface area (Å²) in [5.41, 5.74) is -0.701. The van der Waals surface area contributed by atoms with Crippen LogP contribution in [0.3, 0.4) is 0 Å². The Bertz CT molecular complexity index is 385. The molecule has 19 heavy (non-hydrogen) atoms. The fourth-order valence-corrected chi connectivity index (χ4v) is 2.76. The molecular weight excluding hydrogens is 272 g/mol. The third-order valence-electron chi connectivity index (χ3n) is 3.09. The van der Waals surface area contributed by atoms with Crippen molar-refractivity contribution < 1.29 is 23.1 Å². The SMILES string of the molecule is CCC(C)(CCO)NS(=O)(=O)N(C)CCC(=O)OC. The molecule has 0 heterocycles. The van der Waals surface area contributed by atoms with Gasteiger partial charge in [-0.25, -0.2) is 0 Å². The lowest BCUT2D eigenvalue weighted by molar-refractivity contribution is -0.140. The Kier molecular flexibility index (Phi) is 7.50. The van der Waals surface area contributed by atoms with Crippen LogP contribution in [0.1, 0.15) is 33.1 Å². The highest BCUT2D eigenvalue weighted by Crippen LogP contribution is 2.16. The summed E-state index contributed by atoms with van der Waals surface area (Å²) in [7, 11) is -1.05. The van der Waals surface area contributed by atoms with Crippen LogP contribution in [0.5, 0.6) is 0 Å². The Balaban J connectivity index is 4.64. The van der Waals surface area contributed by atoms with Crippen LogP contribution in [0.15, 0.2) is 0 Å². The zero-order valence-electron chi connectivity index (χ0n) is 12.0. The summed E-state index contributed by atoms with van der Waals surface area (Å²) in [5, 5.41) is 8.97. The largest absolute Gasteiger partial charge is 0.469 e. The highest BCUT2D eigenvalue weighted by molar-refractivity contribution is 7.87. The smallest absolute Gasteiger partial charge is 0.306 e. The van der Waals surface area contributed by atoms with Gasteiger partial charge >= 0.3 is 5.97 Å². The van der Waals surface area contributed by atoms with E-state index in [1.54, 1.807) is 6.92 Å². The Morgan fingerprint density at radius 3 is 2.47 bits per heavy atom. The first-order valence-corrected chi connectivity index (χ1v) is 7.57. The standard InChI is InChI=1S/C11H24N2O5S/c1-5-11(2,7-9-14)12-19(16,17)13(3)8-6-10(15)18-4/h12,14H,5-9H2,1-4H3. The van der Waals surface area contributed by atoms with Crippen LogP contribution in [0.25, 0.3) is 0 Å². The summed E-state index contributed by atoms with van der Waals surface area (Å²) in [6.45, 7) is 3.52. The second-order valence-electron chi connectivity index (χ2n) is 4.64. The highest BCUT2D eigenvalue weighted by atomic mass is 32.2. The van der Waals surface area contributed by atoms with Gasteiger partial charge < -0.3 is 9.84 Å². The van der Waals surface area contributed by atoms with Crippen molar-refractivity contribution in [3.05, 3.63) is 0 Å². The van der Waals surface area contributed by atoms with Crippen LogP contribution in [-0.4, -0.2) is 56.6 Å². The second kappa shape index (κ2) is 7.78. The number of aliphatic hydroxyl groups is 1. The molecule has 0 bridgehead atoms. The zero-order valence-corrected chi connectivity index (χ0v) is 12.8. The molecule has 0 spiro atoms. The van der Waals surface area contributed by atoms with E-state index in [2.05, 4.69) is 9.46 Å². The average molecular weight is 296 g/mol. The molecule has 0 radical (unpaired) electrons. The molecule has 0 aliphatic carbocycles. The van der Waals surface area contributed by atoms with Gasteiger partial charge in [-0.05, 0) is 19.8 Å². The van der Waals surface area contributed by atoms with E-state index in [4.69, 9.17) is 5.11 Å². The third-order valence-corrected chi connectivity index (χ3v) is 4.84. The third kappa shape index (κ3) is 6.33. The molecule has 1 unspecified atom stereocenters. The molecule has 0 saturated carbocycles. The molecule has 114 valence electrons. The molecule has 8 heteroatoms. The molecule has 2 N–H and O–H groups in total. The summed E-state index contributed by atoms with van der Waals surface area (Å²) < 4.78 is 32.2. The minimum Gasteiger partial charge on any atom is -0.469 e. The van der Waals surface area contributed by atoms with Gasteiger partial charge in [-0.2, -0.15) is 17.4 Å². The maximum absolute atomic E-state index is 12.1. The molecule has 0 amide bonds. The van der Waals surface area contributed by atoms with E-state index in [1.807, 2.05) is 6.92 Å². The lowest BCUT2D eigenvalue weighted by Gasteiger charge is -2.30. The monoisotopic (exact) mass is 296 g/mol. The van der Waals surface area contributed by atoms with Gasteiger partial charge in [0, 0.05) is 25.7 Å². The number of esters is 1. The van der Waals surface area contributed by atoms with Gasteiger partial charge in [0.15, 0.2) is 0 Å². The molecular formula is C11H24N2O5S. The molecule has 0 aliphatic rings. The Morgan fingerprint density at radius 2 is 2.05 bits per heavy atom. The van der Waals surface area contributed by atoms with Gasteiger partial charge in [0.05, 0.1) is 13.5 Å². The van der Waals surface area contributed by atoms with Gasteiger partial charge in [-0.15, -0.1) is 0 Å². The Labute approximate surface area is 115 Å². The molecule has 0 aromatic rings. The van der Waals surface area contributed by atoms with Gasteiger partial charge in [0.1, 0.15) is 0 Å². The molecule has 0 aliphatic heterocycles. The van der Waals surface area contributed by atoms with E-state index in [0.717, 1.165) is 4.31 Å². The van der Waals surface area contributed by atoms with E-state index in [0.29, 0.717) is 12.8 Å². The van der Waals surface area contributed by atoms with Crippen LogP contribution in [0, 0.1) is 0 Å². The summed E-state index contributed by atoms with van der Waals surface area (Å²) in [4.78, 5) is 11.0. The number of aliphatic hydroxyl groups excluding tert-OH is 1. The Hall–Kier alpha value is -0.700. The molecule has 1 atom stereocenters. The van der Waals surface area contributed by atoms with Crippen molar-refractivity contribution in [2.75, 3.05) is 27.3 Å². The maximum atomic E-state index is 12.1. The van der Waals surface area contributed by atoms with E-state index in [1.165, 1.54) is 14.2 Å². The number of rotatable bonds is 9. The molecule has 0 fully saturated rings. The number of carbonyl (C=O) groups excluding carboxylic acids is 1. The molecule has 0 aromatic carbocycles. The van der Waals surface area contributed by atoms with E-state index < -0.39 is 21.7 Å². The summed E-state index contributed by atoms with van der Waals surface area (Å²) in [5.74, 6) is -0.462. The van der Waals surface area contributed by atoms with Crippen molar-refractivity contribution in [2.45, 2.75) is 38.6 Å². The number of methoxy groups -OCH3 is 1.